The summed E-state index contributed by atoms with van der Waals surface area (Å²) in [4.78, 5) is 27.6. The van der Waals surface area contributed by atoms with Crippen molar-refractivity contribution >= 4 is 26.7 Å². The Bertz CT molecular complexity index is 1120. The van der Waals surface area contributed by atoms with Crippen molar-refractivity contribution in [3.05, 3.63) is 94.6 Å². The highest BCUT2D eigenvalue weighted by Gasteiger charge is 2.09. The van der Waals surface area contributed by atoms with Crippen LogP contribution in [0.2, 0.25) is 0 Å². The van der Waals surface area contributed by atoms with Crippen LogP contribution >= 0.6 is 9.24 Å². The monoisotopic (exact) mass is 416 g/mol. The summed E-state index contributed by atoms with van der Waals surface area (Å²) in [6, 6.07) is 12.9. The number of amides is 1. The van der Waals surface area contributed by atoms with Gasteiger partial charge in [0.25, 0.3) is 5.91 Å². The number of nitrogens with one attached hydrogen (secondary N) is 2. The molecule has 30 heavy (non-hydrogen) atoms. The molecule has 1 aliphatic carbocycles. The second-order valence-corrected chi connectivity index (χ2v) is 7.14. The number of aldehydes is 1. The third-order valence-corrected chi connectivity index (χ3v) is 4.56. The fourth-order valence-electron chi connectivity index (χ4n) is 2.70. The van der Waals surface area contributed by atoms with Gasteiger partial charge in [0, 0.05) is 17.7 Å². The highest BCUT2D eigenvalue weighted by molar-refractivity contribution is 7.27. The summed E-state index contributed by atoms with van der Waals surface area (Å²) < 4.78 is 0. The van der Waals surface area contributed by atoms with Crippen LogP contribution in [0.15, 0.2) is 77.7 Å². The van der Waals surface area contributed by atoms with Gasteiger partial charge in [0.2, 0.25) is 0 Å². The molecule has 1 atom stereocenters. The van der Waals surface area contributed by atoms with Crippen LogP contribution in [0.1, 0.15) is 28.2 Å². The molecule has 7 heteroatoms. The normalized spacial score (nSPS) is 12.9. The molecule has 1 aliphatic rings. The minimum Gasteiger partial charge on any atom is -0.400 e. The van der Waals surface area contributed by atoms with Crippen LogP contribution in [0, 0.1) is 11.8 Å². The smallest absolute Gasteiger partial charge is 0.271 e. The van der Waals surface area contributed by atoms with Gasteiger partial charge >= 0.3 is 0 Å². The van der Waals surface area contributed by atoms with Crippen molar-refractivity contribution in [3.63, 3.8) is 0 Å². The molecule has 1 aromatic carbocycles. The van der Waals surface area contributed by atoms with Crippen LogP contribution in [0.3, 0.4) is 0 Å². The van der Waals surface area contributed by atoms with Crippen LogP contribution in [0.25, 0.3) is 0 Å². The van der Waals surface area contributed by atoms with E-state index in [9.17, 15) is 9.59 Å². The second-order valence-electron chi connectivity index (χ2n) is 6.48. The Labute approximate surface area is 177 Å². The summed E-state index contributed by atoms with van der Waals surface area (Å²) >= 11 is 0. The number of nitrogens with two attached hydrogens (primary N) is 1. The van der Waals surface area contributed by atoms with Gasteiger partial charge in [0.05, 0.1) is 12.4 Å². The predicted octanol–water partition coefficient (Wildman–Crippen LogP) is 1.51. The molecule has 1 amide bonds. The lowest BCUT2D eigenvalue weighted by atomic mass is 10.1. The van der Waals surface area contributed by atoms with Crippen molar-refractivity contribution in [3.8, 4) is 11.8 Å². The molecule has 1 heterocycles. The minimum atomic E-state index is -0.332. The van der Waals surface area contributed by atoms with Crippen molar-refractivity contribution < 1.29 is 9.59 Å². The van der Waals surface area contributed by atoms with E-state index in [2.05, 4.69) is 36.7 Å². The zero-order chi connectivity index (χ0) is 21.3. The molecule has 0 radical (unpaired) electrons. The molecule has 6 nitrogen and oxygen atoms in total. The zero-order valence-electron chi connectivity index (χ0n) is 16.2. The second kappa shape index (κ2) is 10.2. The van der Waals surface area contributed by atoms with E-state index < -0.39 is 0 Å². The minimum absolute atomic E-state index is 0.161. The van der Waals surface area contributed by atoms with Crippen molar-refractivity contribution in [1.82, 2.24) is 15.6 Å². The SMILES string of the molecule is NC1=C(NCNC(=O)c2cccc(C#Cc3cccc(P)c3)n2)C=CC=C(C=O)C1. The lowest BCUT2D eigenvalue weighted by Gasteiger charge is -2.11. The highest BCUT2D eigenvalue weighted by atomic mass is 31.0. The predicted molar refractivity (Wildman–Crippen MR) is 121 cm³/mol. The fourth-order valence-corrected chi connectivity index (χ4v) is 2.99. The number of rotatable bonds is 5. The highest BCUT2D eigenvalue weighted by Crippen LogP contribution is 2.12. The van der Waals surface area contributed by atoms with E-state index in [-0.39, 0.29) is 18.3 Å². The number of benzene rings is 1. The molecule has 1 unspecified atom stereocenters. The summed E-state index contributed by atoms with van der Waals surface area (Å²) in [5.74, 6) is 5.69. The molecule has 4 N–H and O–H groups in total. The third-order valence-electron chi connectivity index (χ3n) is 4.20. The van der Waals surface area contributed by atoms with E-state index in [1.807, 2.05) is 24.3 Å². The molecule has 150 valence electrons. The molecule has 1 aromatic heterocycles. The van der Waals surface area contributed by atoms with E-state index in [0.29, 0.717) is 29.1 Å². The van der Waals surface area contributed by atoms with E-state index in [0.717, 1.165) is 17.2 Å². The van der Waals surface area contributed by atoms with Gasteiger partial charge in [-0.25, -0.2) is 4.98 Å². The third kappa shape index (κ3) is 5.91. The Morgan fingerprint density at radius 2 is 2.07 bits per heavy atom. The molecule has 0 bridgehead atoms. The maximum Gasteiger partial charge on any atom is 0.271 e. The van der Waals surface area contributed by atoms with E-state index in [1.165, 1.54) is 0 Å². The molecule has 0 spiro atoms. The average Bonchev–Trinajstić information content (AvgIpc) is 2.93. The zero-order valence-corrected chi connectivity index (χ0v) is 17.3. The lowest BCUT2D eigenvalue weighted by molar-refractivity contribution is -0.105. The number of hydrogen-bond donors (Lipinski definition) is 3. The molecule has 0 fully saturated rings. The fraction of sp³-hybridized carbons (Fsp3) is 0.0870. The number of aromatic nitrogens is 1. The van der Waals surface area contributed by atoms with Crippen molar-refractivity contribution in [2.24, 2.45) is 5.73 Å². The van der Waals surface area contributed by atoms with Gasteiger partial charge in [0.1, 0.15) is 17.7 Å². The molecule has 0 aliphatic heterocycles. The summed E-state index contributed by atoms with van der Waals surface area (Å²) in [5, 5.41) is 6.85. The Kier molecular flexibility index (Phi) is 7.15. The van der Waals surface area contributed by atoms with Crippen LogP contribution in [0.4, 0.5) is 0 Å². The quantitative estimate of drug-likeness (QED) is 0.297. The number of carbonyl (C=O) groups excluding carboxylic acids is 2. The van der Waals surface area contributed by atoms with Gasteiger partial charge in [-0.1, -0.05) is 36.3 Å². The number of nitrogens with zero attached hydrogens (tertiary/aromatic N) is 1. The molecule has 3 rings (SSSR count). The Morgan fingerprint density at radius 3 is 2.87 bits per heavy atom. The van der Waals surface area contributed by atoms with Crippen molar-refractivity contribution in [2.45, 2.75) is 6.42 Å². The molecule has 2 aromatic rings. The maximum atomic E-state index is 12.4. The van der Waals surface area contributed by atoms with Gasteiger partial charge in [0.15, 0.2) is 0 Å². The summed E-state index contributed by atoms with van der Waals surface area (Å²) in [5.41, 5.74) is 9.44. The first kappa shape index (κ1) is 21.0. The molecular weight excluding hydrogens is 395 g/mol. The van der Waals surface area contributed by atoms with Crippen LogP contribution in [0.5, 0.6) is 0 Å². The number of pyridine rings is 1. The van der Waals surface area contributed by atoms with Crippen LogP contribution in [-0.2, 0) is 4.79 Å². The van der Waals surface area contributed by atoms with Crippen LogP contribution in [-0.4, -0.2) is 23.8 Å². The summed E-state index contributed by atoms with van der Waals surface area (Å²) in [6.45, 7) is 0.161. The number of hydrogen-bond acceptors (Lipinski definition) is 5. The topological polar surface area (TPSA) is 97.1 Å². The van der Waals surface area contributed by atoms with Gasteiger partial charge in [-0.05, 0) is 47.1 Å². The first-order chi connectivity index (χ1) is 14.5. The van der Waals surface area contributed by atoms with E-state index >= 15 is 0 Å². The lowest BCUT2D eigenvalue weighted by Crippen LogP contribution is -2.34. The van der Waals surface area contributed by atoms with Crippen LogP contribution < -0.4 is 21.7 Å². The first-order valence-corrected chi connectivity index (χ1v) is 9.80. The molecular formula is C23H21N4O2P. The van der Waals surface area contributed by atoms with Gasteiger partial charge in [-0.15, -0.1) is 9.24 Å². The van der Waals surface area contributed by atoms with Crippen molar-refractivity contribution in [2.75, 3.05) is 6.67 Å². The maximum absolute atomic E-state index is 12.4. The summed E-state index contributed by atoms with van der Waals surface area (Å²) in [6.07, 6.45) is 6.34. The number of allylic oxidation sites excluding steroid dienone is 4. The first-order valence-electron chi connectivity index (χ1n) is 9.23. The van der Waals surface area contributed by atoms with E-state index in [1.54, 1.807) is 36.4 Å². The molecule has 0 saturated carbocycles. The van der Waals surface area contributed by atoms with E-state index in [4.69, 9.17) is 5.73 Å². The molecule has 0 saturated heterocycles. The van der Waals surface area contributed by atoms with Gasteiger partial charge < -0.3 is 16.4 Å². The standard InChI is InChI=1S/C23H21N4O2P/c24-20-13-17(14-28)5-2-8-21(20)25-15-26-23(29)22-9-3-6-18(27-22)11-10-16-4-1-7-19(30)12-16/h1-9,12,14,25H,13,15,24,30H2,(H,26,29). The Morgan fingerprint density at radius 1 is 1.23 bits per heavy atom. The van der Waals surface area contributed by atoms with Crippen molar-refractivity contribution in [1.29, 1.82) is 0 Å². The Balaban J connectivity index is 1.60. The van der Waals surface area contributed by atoms with Gasteiger partial charge in [-0.2, -0.15) is 0 Å². The number of carbonyl (C=O) groups is 2. The summed E-state index contributed by atoms with van der Waals surface area (Å²) in [7, 11) is 2.63. The average molecular weight is 416 g/mol. The Hall–Kier alpha value is -3.68. The largest absolute Gasteiger partial charge is 0.400 e. The van der Waals surface area contributed by atoms with Gasteiger partial charge in [-0.3, -0.25) is 9.59 Å².